The Labute approximate surface area is 220 Å². The number of benzene rings is 2. The van der Waals surface area contributed by atoms with Crippen LogP contribution in [0.15, 0.2) is 35.9 Å². The van der Waals surface area contributed by atoms with Crippen molar-refractivity contribution in [1.29, 1.82) is 0 Å². The minimum absolute atomic E-state index is 0.0796. The standard InChI is InChI=1S/C28H27N3O7/c1-29-12-11-18-15-22-24(38-16-37-22)25(35-4)23(18)21(29)6-5-13-36-19-9-7-17(8-10-19)14-20-26(32)30(2)28(34)31(3)27(20)33/h7-10,14-15,21H,11-13,16H2,1-4H3. The number of likely N-dealkylation sites (N-methyl/N-ethyl adjacent to an activating group) is 3. The molecule has 10 heteroatoms. The highest BCUT2D eigenvalue weighted by Crippen LogP contribution is 2.49. The lowest BCUT2D eigenvalue weighted by molar-refractivity contribution is -0.134. The number of amides is 4. The molecule has 3 aliphatic rings. The van der Waals surface area contributed by atoms with Gasteiger partial charge in [0.1, 0.15) is 24.0 Å². The fraction of sp³-hybridized carbons (Fsp3) is 0.321. The van der Waals surface area contributed by atoms with Crippen LogP contribution >= 0.6 is 0 Å². The summed E-state index contributed by atoms with van der Waals surface area (Å²) in [5, 5.41) is 0. The number of fused-ring (bicyclic) bond motifs is 2. The number of ether oxygens (including phenoxy) is 4. The molecule has 38 heavy (non-hydrogen) atoms. The summed E-state index contributed by atoms with van der Waals surface area (Å²) in [7, 11) is 6.32. The molecule has 1 fully saturated rings. The second-order valence-electron chi connectivity index (χ2n) is 9.10. The van der Waals surface area contributed by atoms with E-state index in [4.69, 9.17) is 18.9 Å². The van der Waals surface area contributed by atoms with Crippen molar-refractivity contribution in [2.45, 2.75) is 12.5 Å². The maximum absolute atomic E-state index is 12.4. The summed E-state index contributed by atoms with van der Waals surface area (Å²) in [6.07, 6.45) is 2.32. The van der Waals surface area contributed by atoms with Gasteiger partial charge in [-0.15, -0.1) is 0 Å². The van der Waals surface area contributed by atoms with E-state index in [0.29, 0.717) is 28.6 Å². The zero-order chi connectivity index (χ0) is 27.0. The Hall–Kier alpha value is -4.49. The maximum Gasteiger partial charge on any atom is 0.333 e. The van der Waals surface area contributed by atoms with Gasteiger partial charge in [-0.05, 0) is 48.9 Å². The van der Waals surface area contributed by atoms with Gasteiger partial charge in [0.15, 0.2) is 11.5 Å². The number of imide groups is 2. The van der Waals surface area contributed by atoms with Gasteiger partial charge in [0.25, 0.3) is 11.8 Å². The van der Waals surface area contributed by atoms with Crippen LogP contribution < -0.4 is 18.9 Å². The lowest BCUT2D eigenvalue weighted by atomic mass is 9.91. The van der Waals surface area contributed by atoms with Crippen molar-refractivity contribution in [2.24, 2.45) is 0 Å². The van der Waals surface area contributed by atoms with Gasteiger partial charge >= 0.3 is 6.03 Å². The summed E-state index contributed by atoms with van der Waals surface area (Å²) >= 11 is 0. The predicted octanol–water partition coefficient (Wildman–Crippen LogP) is 2.47. The Morgan fingerprint density at radius 3 is 2.45 bits per heavy atom. The van der Waals surface area contributed by atoms with E-state index in [2.05, 4.69) is 16.7 Å². The van der Waals surface area contributed by atoms with Crippen molar-refractivity contribution in [2.75, 3.05) is 48.2 Å². The summed E-state index contributed by atoms with van der Waals surface area (Å²) in [5.41, 5.74) is 2.66. The molecule has 2 aromatic rings. The molecule has 3 aliphatic heterocycles. The smallest absolute Gasteiger partial charge is 0.333 e. The molecule has 196 valence electrons. The summed E-state index contributed by atoms with van der Waals surface area (Å²) in [6, 6.07) is 8.09. The molecule has 5 rings (SSSR count). The minimum atomic E-state index is -0.658. The fourth-order valence-corrected chi connectivity index (χ4v) is 4.68. The third kappa shape index (κ3) is 4.41. The predicted molar refractivity (Wildman–Crippen MR) is 137 cm³/mol. The average Bonchev–Trinajstić information content (AvgIpc) is 3.40. The molecule has 1 atom stereocenters. The van der Waals surface area contributed by atoms with Crippen LogP contribution in [0.25, 0.3) is 6.08 Å². The fourth-order valence-electron chi connectivity index (χ4n) is 4.68. The van der Waals surface area contributed by atoms with Crippen molar-refractivity contribution >= 4 is 23.9 Å². The van der Waals surface area contributed by atoms with Crippen LogP contribution in [0.4, 0.5) is 4.79 Å². The number of hydrogen-bond donors (Lipinski definition) is 0. The van der Waals surface area contributed by atoms with E-state index >= 15 is 0 Å². The first-order valence-electron chi connectivity index (χ1n) is 12.0. The number of carbonyl (C=O) groups is 3. The number of methoxy groups -OCH3 is 1. The van der Waals surface area contributed by atoms with Crippen molar-refractivity contribution < 1.29 is 33.3 Å². The lowest BCUT2D eigenvalue weighted by Gasteiger charge is -2.32. The molecule has 0 N–H and O–H groups in total. The van der Waals surface area contributed by atoms with Crippen LogP contribution in [0.3, 0.4) is 0 Å². The van der Waals surface area contributed by atoms with Gasteiger partial charge in [0.05, 0.1) is 7.11 Å². The molecule has 10 nitrogen and oxygen atoms in total. The van der Waals surface area contributed by atoms with E-state index < -0.39 is 17.8 Å². The second-order valence-corrected chi connectivity index (χ2v) is 9.10. The van der Waals surface area contributed by atoms with Crippen molar-refractivity contribution in [1.82, 2.24) is 14.7 Å². The first kappa shape index (κ1) is 25.2. The van der Waals surface area contributed by atoms with E-state index in [0.717, 1.165) is 33.9 Å². The molecule has 0 aromatic heterocycles. The van der Waals surface area contributed by atoms with E-state index in [1.165, 1.54) is 20.2 Å². The molecular weight excluding hydrogens is 490 g/mol. The third-order valence-electron chi connectivity index (χ3n) is 6.78. The number of nitrogens with zero attached hydrogens (tertiary/aromatic N) is 3. The Morgan fingerprint density at radius 1 is 1.05 bits per heavy atom. The topological polar surface area (TPSA) is 97.9 Å². The molecule has 1 saturated heterocycles. The summed E-state index contributed by atoms with van der Waals surface area (Å²) in [6.45, 7) is 1.18. The highest BCUT2D eigenvalue weighted by molar-refractivity contribution is 6.30. The van der Waals surface area contributed by atoms with Crippen molar-refractivity contribution in [3.8, 4) is 34.8 Å². The Balaban J connectivity index is 1.28. The molecule has 1 unspecified atom stereocenters. The molecule has 0 spiro atoms. The third-order valence-corrected chi connectivity index (χ3v) is 6.78. The summed E-state index contributed by atoms with van der Waals surface area (Å²) in [4.78, 5) is 40.7. The Kier molecular flexibility index (Phi) is 6.70. The highest BCUT2D eigenvalue weighted by Gasteiger charge is 2.38. The van der Waals surface area contributed by atoms with Crippen molar-refractivity contribution in [3.63, 3.8) is 0 Å². The van der Waals surface area contributed by atoms with Crippen LogP contribution in [0.5, 0.6) is 23.0 Å². The van der Waals surface area contributed by atoms with Crippen LogP contribution in [0, 0.1) is 11.8 Å². The average molecular weight is 518 g/mol. The zero-order valence-electron chi connectivity index (χ0n) is 21.6. The molecule has 0 saturated carbocycles. The largest absolute Gasteiger partial charge is 0.492 e. The normalized spacial score (nSPS) is 18.7. The number of barbiturate groups is 1. The van der Waals surface area contributed by atoms with Crippen LogP contribution in [0.1, 0.15) is 22.7 Å². The SMILES string of the molecule is COc1c2c(cc3c1C(C#CCOc1ccc(C=C4C(=O)N(C)C(=O)N(C)C4=O)cc1)N(C)CC3)OCO2. The Bertz CT molecular complexity index is 1380. The number of rotatable bonds is 4. The molecule has 0 bridgehead atoms. The molecule has 4 amide bonds. The van der Waals surface area contributed by atoms with Gasteiger partial charge in [-0.25, -0.2) is 4.79 Å². The lowest BCUT2D eigenvalue weighted by Crippen LogP contribution is -2.52. The molecule has 0 aliphatic carbocycles. The monoisotopic (exact) mass is 517 g/mol. The first-order valence-corrected chi connectivity index (χ1v) is 12.0. The zero-order valence-corrected chi connectivity index (χ0v) is 21.6. The van der Waals surface area contributed by atoms with Gasteiger partial charge in [-0.2, -0.15) is 0 Å². The van der Waals surface area contributed by atoms with Gasteiger partial charge in [-0.3, -0.25) is 24.3 Å². The van der Waals surface area contributed by atoms with Crippen LogP contribution in [-0.4, -0.2) is 80.7 Å². The quantitative estimate of drug-likeness (QED) is 0.347. The molecule has 2 aromatic carbocycles. The maximum atomic E-state index is 12.4. The van der Waals surface area contributed by atoms with E-state index in [9.17, 15) is 14.4 Å². The molecule has 0 radical (unpaired) electrons. The summed E-state index contributed by atoms with van der Waals surface area (Å²) < 4.78 is 22.7. The van der Waals surface area contributed by atoms with Gasteiger partial charge in [0.2, 0.25) is 12.5 Å². The molecular formula is C28H27N3O7. The van der Waals surface area contributed by atoms with E-state index in [1.54, 1.807) is 31.4 Å². The highest BCUT2D eigenvalue weighted by atomic mass is 16.7. The Morgan fingerprint density at radius 2 is 1.76 bits per heavy atom. The molecule has 3 heterocycles. The minimum Gasteiger partial charge on any atom is -0.492 e. The van der Waals surface area contributed by atoms with Gasteiger partial charge in [-0.1, -0.05) is 24.0 Å². The van der Waals surface area contributed by atoms with Crippen LogP contribution in [-0.2, 0) is 16.0 Å². The van der Waals surface area contributed by atoms with E-state index in [-0.39, 0.29) is 25.0 Å². The summed E-state index contributed by atoms with van der Waals surface area (Å²) in [5.74, 6) is 7.70. The van der Waals surface area contributed by atoms with E-state index in [1.807, 2.05) is 13.1 Å². The van der Waals surface area contributed by atoms with Crippen LogP contribution in [0.2, 0.25) is 0 Å². The second kappa shape index (κ2) is 10.1. The number of hydrogen-bond acceptors (Lipinski definition) is 8. The van der Waals surface area contributed by atoms with Gasteiger partial charge < -0.3 is 18.9 Å². The van der Waals surface area contributed by atoms with Crippen molar-refractivity contribution in [3.05, 3.63) is 52.6 Å². The number of urea groups is 1. The number of carbonyl (C=O) groups excluding carboxylic acids is 3. The first-order chi connectivity index (χ1) is 18.3. The van der Waals surface area contributed by atoms with Gasteiger partial charge in [0, 0.05) is 26.2 Å².